The molecule has 2 rings (SSSR count). The lowest BCUT2D eigenvalue weighted by Gasteiger charge is -2.27. The first-order valence-corrected chi connectivity index (χ1v) is 7.86. The van der Waals surface area contributed by atoms with E-state index in [2.05, 4.69) is 0 Å². The second kappa shape index (κ2) is 6.83. The second-order valence-corrected chi connectivity index (χ2v) is 6.02. The van der Waals surface area contributed by atoms with Gasteiger partial charge < -0.3 is 14.4 Å². The minimum Gasteiger partial charge on any atom is -0.480 e. The number of carboxylic acid groups (broad SMARTS) is 1. The molecule has 0 radical (unpaired) electrons. The van der Waals surface area contributed by atoms with Crippen LogP contribution in [0.2, 0.25) is 0 Å². The van der Waals surface area contributed by atoms with Crippen molar-refractivity contribution in [1.82, 2.24) is 4.90 Å². The molecule has 1 aromatic heterocycles. The molecule has 0 bridgehead atoms. The molecule has 110 valence electrons. The zero-order valence-electron chi connectivity index (χ0n) is 11.4. The normalized spacial score (nSPS) is 22.1. The lowest BCUT2D eigenvalue weighted by molar-refractivity contribution is -0.149. The molecular formula is C14H19NO4S. The van der Waals surface area contributed by atoms with Crippen molar-refractivity contribution in [1.29, 1.82) is 0 Å². The van der Waals surface area contributed by atoms with Crippen molar-refractivity contribution >= 4 is 23.6 Å². The Morgan fingerprint density at radius 1 is 1.55 bits per heavy atom. The molecule has 2 atom stereocenters. The summed E-state index contributed by atoms with van der Waals surface area (Å²) in [6.45, 7) is 2.04. The van der Waals surface area contributed by atoms with E-state index >= 15 is 0 Å². The average Bonchev–Trinajstić information content (AvgIpc) is 3.05. The monoisotopic (exact) mass is 297 g/mol. The van der Waals surface area contributed by atoms with Gasteiger partial charge in [0.05, 0.1) is 11.6 Å². The Morgan fingerprint density at radius 2 is 2.35 bits per heavy atom. The Hall–Kier alpha value is -1.43. The van der Waals surface area contributed by atoms with Gasteiger partial charge in [-0.15, -0.1) is 11.8 Å². The molecule has 5 nitrogen and oxygen atoms in total. The smallest absolute Gasteiger partial charge is 0.327 e. The Bertz CT molecular complexity index is 460. The number of amides is 1. The van der Waals surface area contributed by atoms with Crippen LogP contribution in [0.15, 0.2) is 22.8 Å². The van der Waals surface area contributed by atoms with Crippen molar-refractivity contribution in [2.75, 3.05) is 5.75 Å². The fourth-order valence-corrected chi connectivity index (χ4v) is 3.91. The number of thioether (sulfide) groups is 1. The summed E-state index contributed by atoms with van der Waals surface area (Å²) in [5.41, 5.74) is 0. The van der Waals surface area contributed by atoms with Crippen LogP contribution in [0.25, 0.3) is 0 Å². The molecule has 20 heavy (non-hydrogen) atoms. The molecule has 0 aliphatic carbocycles. The third kappa shape index (κ3) is 3.36. The highest BCUT2D eigenvalue weighted by Crippen LogP contribution is 2.33. The molecule has 1 aromatic rings. The summed E-state index contributed by atoms with van der Waals surface area (Å²) in [7, 11) is 0. The molecule has 6 heteroatoms. The third-order valence-corrected chi connectivity index (χ3v) is 4.72. The molecule has 1 amide bonds. The summed E-state index contributed by atoms with van der Waals surface area (Å²) < 4.78 is 5.20. The molecule has 2 heterocycles. The summed E-state index contributed by atoms with van der Waals surface area (Å²) in [6, 6.07) is 2.91. The summed E-state index contributed by atoms with van der Waals surface area (Å²) >= 11 is 1.56. The maximum Gasteiger partial charge on any atom is 0.327 e. The zero-order chi connectivity index (χ0) is 14.5. The topological polar surface area (TPSA) is 70.8 Å². The number of hydrogen-bond acceptors (Lipinski definition) is 4. The van der Waals surface area contributed by atoms with Crippen LogP contribution in [0, 0.1) is 0 Å². The van der Waals surface area contributed by atoms with E-state index in [-0.39, 0.29) is 17.7 Å². The number of carbonyl (C=O) groups is 2. The lowest BCUT2D eigenvalue weighted by Crippen LogP contribution is -2.45. The predicted octanol–water partition coefficient (Wildman–Crippen LogP) is 2.37. The standard InChI is InChI=1S/C14H19NO4S/c1-2-4-13-15(11(9-20-13)14(17)18)12(16)7-6-10-5-3-8-19-10/h3,5,8,11,13H,2,4,6-7,9H2,1H3,(H,17,18). The summed E-state index contributed by atoms with van der Waals surface area (Å²) in [5, 5.41) is 9.24. The van der Waals surface area contributed by atoms with Gasteiger partial charge in [-0.1, -0.05) is 13.3 Å². The van der Waals surface area contributed by atoms with Gasteiger partial charge in [0.2, 0.25) is 5.91 Å². The minimum absolute atomic E-state index is 0.00907. The number of carbonyl (C=O) groups excluding carboxylic acids is 1. The van der Waals surface area contributed by atoms with Gasteiger partial charge in [0.25, 0.3) is 0 Å². The maximum atomic E-state index is 12.3. The largest absolute Gasteiger partial charge is 0.480 e. The van der Waals surface area contributed by atoms with Crippen LogP contribution >= 0.6 is 11.8 Å². The van der Waals surface area contributed by atoms with Crippen molar-refractivity contribution in [3.05, 3.63) is 24.2 Å². The van der Waals surface area contributed by atoms with Crippen LogP contribution in [0.1, 0.15) is 31.9 Å². The first-order chi connectivity index (χ1) is 9.63. The SMILES string of the molecule is CCCC1SCC(C(=O)O)N1C(=O)CCc1ccco1. The highest BCUT2D eigenvalue weighted by atomic mass is 32.2. The predicted molar refractivity (Wildman–Crippen MR) is 76.5 cm³/mol. The second-order valence-electron chi connectivity index (χ2n) is 4.81. The van der Waals surface area contributed by atoms with E-state index in [1.807, 2.05) is 13.0 Å². The van der Waals surface area contributed by atoms with Crippen molar-refractivity contribution < 1.29 is 19.1 Å². The van der Waals surface area contributed by atoms with Gasteiger partial charge in [0.1, 0.15) is 11.8 Å². The third-order valence-electron chi connectivity index (χ3n) is 3.37. The van der Waals surface area contributed by atoms with Gasteiger partial charge >= 0.3 is 5.97 Å². The van der Waals surface area contributed by atoms with Gasteiger partial charge in [-0.3, -0.25) is 4.79 Å². The van der Waals surface area contributed by atoms with E-state index in [4.69, 9.17) is 4.42 Å². The fraction of sp³-hybridized carbons (Fsp3) is 0.571. The van der Waals surface area contributed by atoms with Crippen LogP contribution in [0.5, 0.6) is 0 Å². The number of rotatable bonds is 6. The molecule has 0 saturated carbocycles. The van der Waals surface area contributed by atoms with E-state index in [1.54, 1.807) is 29.0 Å². The van der Waals surface area contributed by atoms with Gasteiger partial charge in [0.15, 0.2) is 0 Å². The molecule has 2 unspecified atom stereocenters. The molecule has 1 aliphatic heterocycles. The van der Waals surface area contributed by atoms with Crippen molar-refractivity contribution in [2.45, 2.75) is 44.0 Å². The van der Waals surface area contributed by atoms with Crippen molar-refractivity contribution in [3.8, 4) is 0 Å². The van der Waals surface area contributed by atoms with Gasteiger partial charge in [-0.25, -0.2) is 4.79 Å². The number of nitrogens with zero attached hydrogens (tertiary/aromatic N) is 1. The fourth-order valence-electron chi connectivity index (χ4n) is 2.37. The average molecular weight is 297 g/mol. The van der Waals surface area contributed by atoms with Crippen LogP contribution < -0.4 is 0 Å². The molecule has 1 N–H and O–H groups in total. The van der Waals surface area contributed by atoms with Gasteiger partial charge in [-0.2, -0.15) is 0 Å². The molecular weight excluding hydrogens is 278 g/mol. The Kier molecular flexibility index (Phi) is 5.11. The minimum atomic E-state index is -0.914. The summed E-state index contributed by atoms with van der Waals surface area (Å²) in [6.07, 6.45) is 4.15. The van der Waals surface area contributed by atoms with Crippen LogP contribution in [-0.4, -0.2) is 39.1 Å². The molecule has 1 aliphatic rings. The number of furan rings is 1. The Morgan fingerprint density at radius 3 is 2.95 bits per heavy atom. The number of carboxylic acids is 1. The summed E-state index contributed by atoms with van der Waals surface area (Å²) in [4.78, 5) is 25.2. The van der Waals surface area contributed by atoms with Crippen LogP contribution in [-0.2, 0) is 16.0 Å². The molecule has 1 saturated heterocycles. The molecule has 0 spiro atoms. The van der Waals surface area contributed by atoms with Gasteiger partial charge in [-0.05, 0) is 18.6 Å². The number of aryl methyl sites for hydroxylation is 1. The highest BCUT2D eigenvalue weighted by Gasteiger charge is 2.40. The van der Waals surface area contributed by atoms with Crippen LogP contribution in [0.4, 0.5) is 0 Å². The number of aliphatic carboxylic acids is 1. The number of hydrogen-bond donors (Lipinski definition) is 1. The van der Waals surface area contributed by atoms with E-state index in [9.17, 15) is 14.7 Å². The van der Waals surface area contributed by atoms with Crippen molar-refractivity contribution in [3.63, 3.8) is 0 Å². The van der Waals surface area contributed by atoms with E-state index < -0.39 is 12.0 Å². The van der Waals surface area contributed by atoms with Crippen molar-refractivity contribution in [2.24, 2.45) is 0 Å². The Labute approximate surface area is 122 Å². The zero-order valence-corrected chi connectivity index (χ0v) is 12.3. The quantitative estimate of drug-likeness (QED) is 0.873. The lowest BCUT2D eigenvalue weighted by atomic mass is 10.1. The maximum absolute atomic E-state index is 12.3. The van der Waals surface area contributed by atoms with E-state index in [1.165, 1.54) is 0 Å². The first kappa shape index (κ1) is 15.0. The molecule has 1 fully saturated rings. The van der Waals surface area contributed by atoms with E-state index in [0.717, 1.165) is 18.6 Å². The summed E-state index contributed by atoms with van der Waals surface area (Å²) in [5.74, 6) is 0.218. The van der Waals surface area contributed by atoms with E-state index in [0.29, 0.717) is 12.2 Å². The molecule has 0 aromatic carbocycles. The highest BCUT2D eigenvalue weighted by molar-refractivity contribution is 8.00. The van der Waals surface area contributed by atoms with Crippen LogP contribution in [0.3, 0.4) is 0 Å². The Balaban J connectivity index is 2.00. The van der Waals surface area contributed by atoms with Gasteiger partial charge in [0, 0.05) is 18.6 Å². The first-order valence-electron chi connectivity index (χ1n) is 6.81.